The van der Waals surface area contributed by atoms with Gasteiger partial charge in [-0.2, -0.15) is 0 Å². The minimum Gasteiger partial charge on any atom is -0.326 e. The third kappa shape index (κ3) is 3.43. The van der Waals surface area contributed by atoms with Crippen LogP contribution in [0.4, 0.5) is 5.69 Å². The van der Waals surface area contributed by atoms with Gasteiger partial charge in [0.2, 0.25) is 5.91 Å². The average Bonchev–Trinajstić information content (AvgIpc) is 2.56. The Hall–Kier alpha value is -2.40. The molecule has 0 aliphatic rings. The second-order valence-corrected chi connectivity index (χ2v) is 5.78. The van der Waals surface area contributed by atoms with Crippen LogP contribution >= 0.6 is 11.8 Å². The minimum atomic E-state index is 0.0123. The number of para-hydroxylation sites is 1. The van der Waals surface area contributed by atoms with Gasteiger partial charge >= 0.3 is 0 Å². The van der Waals surface area contributed by atoms with E-state index >= 15 is 0 Å². The van der Waals surface area contributed by atoms with E-state index in [1.54, 1.807) is 0 Å². The normalized spacial score (nSPS) is 10.6. The summed E-state index contributed by atoms with van der Waals surface area (Å²) in [4.78, 5) is 21.3. The van der Waals surface area contributed by atoms with Crippen LogP contribution in [0.25, 0.3) is 10.9 Å². The number of benzene rings is 2. The van der Waals surface area contributed by atoms with Crippen LogP contribution in [0.15, 0.2) is 64.8 Å². The van der Waals surface area contributed by atoms with E-state index in [-0.39, 0.29) is 5.91 Å². The lowest BCUT2D eigenvalue weighted by molar-refractivity contribution is -0.115. The number of carbonyl (C=O) groups is 1. The molecule has 0 fully saturated rings. The lowest BCUT2D eigenvalue weighted by atomic mass is 10.2. The molecule has 22 heavy (non-hydrogen) atoms. The first-order chi connectivity index (χ1) is 10.7. The lowest BCUT2D eigenvalue weighted by Gasteiger charge is -2.05. The highest BCUT2D eigenvalue weighted by Crippen LogP contribution is 2.26. The molecule has 3 rings (SSSR count). The van der Waals surface area contributed by atoms with Crippen molar-refractivity contribution < 1.29 is 4.79 Å². The van der Waals surface area contributed by atoms with Gasteiger partial charge in [-0.15, -0.1) is 0 Å². The third-order valence-electron chi connectivity index (χ3n) is 3.14. The summed E-state index contributed by atoms with van der Waals surface area (Å²) >= 11 is 1.50. The summed E-state index contributed by atoms with van der Waals surface area (Å²) in [6, 6.07) is 15.6. The van der Waals surface area contributed by atoms with Crippen molar-refractivity contribution in [3.63, 3.8) is 0 Å². The van der Waals surface area contributed by atoms with E-state index < -0.39 is 0 Å². The van der Waals surface area contributed by atoms with Crippen LogP contribution in [0, 0.1) is 0 Å². The Balaban J connectivity index is 1.75. The molecule has 4 nitrogen and oxygen atoms in total. The second-order valence-electron chi connectivity index (χ2n) is 4.74. The molecule has 0 atom stereocenters. The summed E-state index contributed by atoms with van der Waals surface area (Å²) in [5, 5.41) is 4.57. The Labute approximate surface area is 133 Å². The first-order valence-corrected chi connectivity index (χ1v) is 7.86. The van der Waals surface area contributed by atoms with Gasteiger partial charge in [0.25, 0.3) is 0 Å². The van der Waals surface area contributed by atoms with Crippen LogP contribution in [-0.4, -0.2) is 15.9 Å². The molecule has 1 amide bonds. The SMILES string of the molecule is CCC(=O)Nc1ccc(Sc2ncc3ccccc3n2)cc1. The minimum absolute atomic E-state index is 0.0123. The van der Waals surface area contributed by atoms with Crippen LogP contribution in [-0.2, 0) is 4.79 Å². The van der Waals surface area contributed by atoms with E-state index in [9.17, 15) is 4.79 Å². The maximum atomic E-state index is 11.3. The molecule has 0 saturated carbocycles. The highest BCUT2D eigenvalue weighted by atomic mass is 32.2. The molecule has 0 spiro atoms. The van der Waals surface area contributed by atoms with Crippen molar-refractivity contribution in [3.8, 4) is 0 Å². The van der Waals surface area contributed by atoms with E-state index in [0.29, 0.717) is 11.6 Å². The van der Waals surface area contributed by atoms with Gasteiger partial charge < -0.3 is 5.32 Å². The topological polar surface area (TPSA) is 54.9 Å². The fourth-order valence-corrected chi connectivity index (χ4v) is 2.70. The van der Waals surface area contributed by atoms with Gasteiger partial charge in [0.05, 0.1) is 5.52 Å². The van der Waals surface area contributed by atoms with Crippen molar-refractivity contribution in [2.45, 2.75) is 23.4 Å². The fourth-order valence-electron chi connectivity index (χ4n) is 1.97. The quantitative estimate of drug-likeness (QED) is 0.736. The standard InChI is InChI=1S/C17H15N3OS/c1-2-16(21)19-13-7-9-14(10-8-13)22-17-18-11-12-5-3-4-6-15(12)20-17/h3-11H,2H2,1H3,(H,19,21). The van der Waals surface area contributed by atoms with Crippen molar-refractivity contribution in [1.82, 2.24) is 9.97 Å². The van der Waals surface area contributed by atoms with Crippen LogP contribution in [0.5, 0.6) is 0 Å². The number of nitrogens with one attached hydrogen (secondary N) is 1. The van der Waals surface area contributed by atoms with Crippen molar-refractivity contribution in [1.29, 1.82) is 0 Å². The molecule has 110 valence electrons. The molecule has 1 heterocycles. The maximum absolute atomic E-state index is 11.3. The maximum Gasteiger partial charge on any atom is 0.224 e. The van der Waals surface area contributed by atoms with Crippen molar-refractivity contribution in [2.75, 3.05) is 5.32 Å². The predicted molar refractivity (Wildman–Crippen MR) is 89.0 cm³/mol. The molecule has 3 aromatic rings. The molecule has 0 radical (unpaired) electrons. The number of fused-ring (bicyclic) bond motifs is 1. The van der Waals surface area contributed by atoms with Crippen LogP contribution < -0.4 is 5.32 Å². The summed E-state index contributed by atoms with van der Waals surface area (Å²) in [6.45, 7) is 1.83. The largest absolute Gasteiger partial charge is 0.326 e. The Morgan fingerprint density at radius 1 is 1.14 bits per heavy atom. The van der Waals surface area contributed by atoms with Crippen molar-refractivity contribution in [2.24, 2.45) is 0 Å². The molecular formula is C17H15N3OS. The number of hydrogen-bond acceptors (Lipinski definition) is 4. The number of nitrogens with zero attached hydrogens (tertiary/aromatic N) is 2. The zero-order valence-electron chi connectivity index (χ0n) is 12.1. The highest BCUT2D eigenvalue weighted by molar-refractivity contribution is 7.99. The van der Waals surface area contributed by atoms with E-state index in [1.807, 2.05) is 61.7 Å². The first kappa shape index (κ1) is 14.5. The molecule has 0 aliphatic heterocycles. The predicted octanol–water partition coefficient (Wildman–Crippen LogP) is 4.13. The van der Waals surface area contributed by atoms with Gasteiger partial charge in [-0.3, -0.25) is 4.79 Å². The Morgan fingerprint density at radius 3 is 2.68 bits per heavy atom. The number of aromatic nitrogens is 2. The average molecular weight is 309 g/mol. The Kier molecular flexibility index (Phi) is 4.34. The van der Waals surface area contributed by atoms with Crippen LogP contribution in [0.1, 0.15) is 13.3 Å². The fraction of sp³-hybridized carbons (Fsp3) is 0.118. The first-order valence-electron chi connectivity index (χ1n) is 7.04. The number of anilines is 1. The van der Waals surface area contributed by atoms with Gasteiger partial charge in [0.1, 0.15) is 0 Å². The Bertz CT molecular complexity index is 802. The number of hydrogen-bond donors (Lipinski definition) is 1. The van der Waals surface area contributed by atoms with Gasteiger partial charge in [-0.05, 0) is 42.1 Å². The van der Waals surface area contributed by atoms with E-state index in [2.05, 4.69) is 15.3 Å². The third-order valence-corrected chi connectivity index (χ3v) is 4.02. The summed E-state index contributed by atoms with van der Waals surface area (Å²) in [7, 11) is 0. The highest BCUT2D eigenvalue weighted by Gasteiger charge is 2.04. The van der Waals surface area contributed by atoms with Gasteiger partial charge in [0, 0.05) is 28.6 Å². The van der Waals surface area contributed by atoms with E-state index in [4.69, 9.17) is 0 Å². The van der Waals surface area contributed by atoms with Gasteiger partial charge in [-0.1, -0.05) is 25.1 Å². The lowest BCUT2D eigenvalue weighted by Crippen LogP contribution is -2.08. The molecule has 0 aliphatic carbocycles. The smallest absolute Gasteiger partial charge is 0.224 e. The van der Waals surface area contributed by atoms with E-state index in [1.165, 1.54) is 11.8 Å². The number of amides is 1. The molecular weight excluding hydrogens is 294 g/mol. The molecule has 1 aromatic heterocycles. The summed E-state index contributed by atoms with van der Waals surface area (Å²) in [6.07, 6.45) is 2.31. The summed E-state index contributed by atoms with van der Waals surface area (Å²) in [5.41, 5.74) is 1.74. The van der Waals surface area contributed by atoms with Crippen molar-refractivity contribution in [3.05, 3.63) is 54.7 Å². The van der Waals surface area contributed by atoms with Crippen molar-refractivity contribution >= 4 is 34.3 Å². The number of rotatable bonds is 4. The molecule has 0 bridgehead atoms. The number of carbonyl (C=O) groups excluding carboxylic acids is 1. The van der Waals surface area contributed by atoms with Gasteiger partial charge in [-0.25, -0.2) is 9.97 Å². The molecule has 1 N–H and O–H groups in total. The zero-order chi connectivity index (χ0) is 15.4. The van der Waals surface area contributed by atoms with Gasteiger partial charge in [0.15, 0.2) is 5.16 Å². The molecule has 2 aromatic carbocycles. The zero-order valence-corrected chi connectivity index (χ0v) is 12.9. The molecule has 5 heteroatoms. The second kappa shape index (κ2) is 6.58. The van der Waals surface area contributed by atoms with E-state index in [0.717, 1.165) is 21.5 Å². The summed E-state index contributed by atoms with van der Waals surface area (Å²) in [5.74, 6) is 0.0123. The molecule has 0 unspecified atom stereocenters. The van der Waals surface area contributed by atoms with Crippen LogP contribution in [0.2, 0.25) is 0 Å². The molecule has 0 saturated heterocycles. The van der Waals surface area contributed by atoms with Crippen LogP contribution in [0.3, 0.4) is 0 Å². The monoisotopic (exact) mass is 309 g/mol. The Morgan fingerprint density at radius 2 is 1.91 bits per heavy atom. The summed E-state index contributed by atoms with van der Waals surface area (Å²) < 4.78 is 0.